The monoisotopic (exact) mass is 489 g/mol. The van der Waals surface area contributed by atoms with E-state index in [4.69, 9.17) is 0 Å². The summed E-state index contributed by atoms with van der Waals surface area (Å²) in [5.41, 5.74) is 1.77. The Hall–Kier alpha value is -1.87. The zero-order valence-electron chi connectivity index (χ0n) is 19.9. The van der Waals surface area contributed by atoms with Crippen LogP contribution < -0.4 is 4.90 Å². The molecule has 0 unspecified atom stereocenters. The molecule has 1 aliphatic rings. The van der Waals surface area contributed by atoms with Crippen molar-refractivity contribution >= 4 is 33.3 Å². The standard InChI is InChI=1S/C25H35N3O3S2/c1-26(2)33(30,31)25-20-21(13-14-24(25)32-3)23(29)12-8-5-9-15-27-16-18-28(19-17-27)22-10-6-4-7-11-22/h4,6-7,10-11,13-14,20H,5,8-9,12,15-19H2,1-3H3. The Bertz CT molecular complexity index is 1020. The maximum atomic E-state index is 12.7. The van der Waals surface area contributed by atoms with Crippen LogP contribution in [0.1, 0.15) is 36.0 Å². The second-order valence-corrected chi connectivity index (χ2v) is 11.5. The van der Waals surface area contributed by atoms with E-state index >= 15 is 0 Å². The lowest BCUT2D eigenvalue weighted by atomic mass is 10.0. The minimum Gasteiger partial charge on any atom is -0.369 e. The number of sulfonamides is 1. The predicted molar refractivity (Wildman–Crippen MR) is 137 cm³/mol. The normalized spacial score (nSPS) is 15.2. The summed E-state index contributed by atoms with van der Waals surface area (Å²) < 4.78 is 26.5. The average Bonchev–Trinajstić information content (AvgIpc) is 2.84. The first-order valence-electron chi connectivity index (χ1n) is 11.5. The summed E-state index contributed by atoms with van der Waals surface area (Å²) in [6.07, 6.45) is 5.18. The van der Waals surface area contributed by atoms with Gasteiger partial charge >= 0.3 is 0 Å². The number of ketones is 1. The van der Waals surface area contributed by atoms with Gasteiger partial charge in [-0.15, -0.1) is 11.8 Å². The van der Waals surface area contributed by atoms with Crippen LogP contribution in [-0.2, 0) is 10.0 Å². The summed E-state index contributed by atoms with van der Waals surface area (Å²) in [6, 6.07) is 15.6. The molecule has 0 radical (unpaired) electrons. The number of carbonyl (C=O) groups is 1. The Morgan fingerprint density at radius 1 is 0.970 bits per heavy atom. The summed E-state index contributed by atoms with van der Waals surface area (Å²) in [5, 5.41) is 0. The van der Waals surface area contributed by atoms with E-state index in [0.29, 0.717) is 16.9 Å². The number of piperazine rings is 1. The van der Waals surface area contributed by atoms with E-state index in [1.54, 1.807) is 12.1 Å². The Morgan fingerprint density at radius 3 is 2.30 bits per heavy atom. The molecule has 180 valence electrons. The van der Waals surface area contributed by atoms with Crippen LogP contribution >= 0.6 is 11.8 Å². The molecule has 0 N–H and O–H groups in total. The van der Waals surface area contributed by atoms with Crippen molar-refractivity contribution in [3.8, 4) is 0 Å². The van der Waals surface area contributed by atoms with Crippen LogP contribution in [0.5, 0.6) is 0 Å². The van der Waals surface area contributed by atoms with Crippen molar-refractivity contribution < 1.29 is 13.2 Å². The summed E-state index contributed by atoms with van der Waals surface area (Å²) in [7, 11) is -0.569. The highest BCUT2D eigenvalue weighted by Gasteiger charge is 2.23. The number of nitrogens with zero attached hydrogens (tertiary/aromatic N) is 3. The van der Waals surface area contributed by atoms with Crippen LogP contribution in [-0.4, -0.2) is 76.5 Å². The number of hydrogen-bond acceptors (Lipinski definition) is 6. The van der Waals surface area contributed by atoms with Crippen molar-refractivity contribution in [2.45, 2.75) is 35.5 Å². The number of Topliss-reactive ketones (excluding diaryl/α,β-unsaturated/α-hetero) is 1. The fourth-order valence-electron chi connectivity index (χ4n) is 4.06. The van der Waals surface area contributed by atoms with Gasteiger partial charge in [0.1, 0.15) is 0 Å². The SMILES string of the molecule is CSc1ccc(C(=O)CCCCCN2CCN(c3ccccc3)CC2)cc1S(=O)(=O)N(C)C. The lowest BCUT2D eigenvalue weighted by molar-refractivity contribution is 0.0978. The van der Waals surface area contributed by atoms with Crippen LogP contribution in [0, 0.1) is 0 Å². The van der Waals surface area contributed by atoms with Gasteiger partial charge in [-0.1, -0.05) is 30.7 Å². The van der Waals surface area contributed by atoms with E-state index < -0.39 is 10.0 Å². The molecule has 2 aromatic rings. The maximum Gasteiger partial charge on any atom is 0.243 e. The first kappa shape index (κ1) is 25.7. The van der Waals surface area contributed by atoms with E-state index in [0.717, 1.165) is 52.0 Å². The van der Waals surface area contributed by atoms with Gasteiger partial charge in [-0.05, 0) is 49.9 Å². The van der Waals surface area contributed by atoms with Gasteiger partial charge in [0, 0.05) is 62.8 Å². The fraction of sp³-hybridized carbons (Fsp3) is 0.480. The van der Waals surface area contributed by atoms with Crippen molar-refractivity contribution in [2.75, 3.05) is 58.0 Å². The summed E-state index contributed by atoms with van der Waals surface area (Å²) in [5.74, 6) is 0.00864. The van der Waals surface area contributed by atoms with Crippen molar-refractivity contribution in [1.82, 2.24) is 9.21 Å². The lowest BCUT2D eigenvalue weighted by Crippen LogP contribution is -2.46. The van der Waals surface area contributed by atoms with Crippen molar-refractivity contribution in [3.05, 3.63) is 54.1 Å². The van der Waals surface area contributed by atoms with E-state index in [1.807, 2.05) is 6.26 Å². The van der Waals surface area contributed by atoms with Gasteiger partial charge in [-0.3, -0.25) is 9.69 Å². The van der Waals surface area contributed by atoms with Crippen LogP contribution in [0.4, 0.5) is 5.69 Å². The molecule has 0 aromatic heterocycles. The number of anilines is 1. The molecule has 1 saturated heterocycles. The Labute approximate surface area is 203 Å². The van der Waals surface area contributed by atoms with E-state index in [1.165, 1.54) is 41.9 Å². The van der Waals surface area contributed by atoms with E-state index in [2.05, 4.69) is 40.1 Å². The highest BCUT2D eigenvalue weighted by Crippen LogP contribution is 2.28. The molecule has 2 aromatic carbocycles. The molecule has 1 fully saturated rings. The molecule has 8 heteroatoms. The van der Waals surface area contributed by atoms with E-state index in [9.17, 15) is 13.2 Å². The van der Waals surface area contributed by atoms with Gasteiger partial charge in [0.2, 0.25) is 10.0 Å². The number of benzene rings is 2. The Kier molecular flexibility index (Phi) is 9.37. The van der Waals surface area contributed by atoms with Crippen LogP contribution in [0.3, 0.4) is 0 Å². The Morgan fingerprint density at radius 2 is 1.67 bits per heavy atom. The number of thioether (sulfide) groups is 1. The molecule has 0 aliphatic carbocycles. The molecule has 6 nitrogen and oxygen atoms in total. The van der Waals surface area contributed by atoms with Gasteiger partial charge in [-0.2, -0.15) is 0 Å². The highest BCUT2D eigenvalue weighted by atomic mass is 32.2. The smallest absolute Gasteiger partial charge is 0.243 e. The maximum absolute atomic E-state index is 12.7. The van der Waals surface area contributed by atoms with Crippen molar-refractivity contribution in [3.63, 3.8) is 0 Å². The molecule has 0 atom stereocenters. The quantitative estimate of drug-likeness (QED) is 0.268. The molecule has 3 rings (SSSR count). The van der Waals surface area contributed by atoms with Gasteiger partial charge in [0.05, 0.1) is 4.90 Å². The third kappa shape index (κ3) is 6.82. The summed E-state index contributed by atoms with van der Waals surface area (Å²) in [6.45, 7) is 5.29. The molecule has 0 spiro atoms. The molecule has 1 heterocycles. The van der Waals surface area contributed by atoms with Gasteiger partial charge in [-0.25, -0.2) is 12.7 Å². The highest BCUT2D eigenvalue weighted by molar-refractivity contribution is 7.99. The molecule has 0 amide bonds. The first-order valence-corrected chi connectivity index (χ1v) is 14.2. The second-order valence-electron chi connectivity index (χ2n) is 8.55. The molecule has 33 heavy (non-hydrogen) atoms. The lowest BCUT2D eigenvalue weighted by Gasteiger charge is -2.36. The molecular weight excluding hydrogens is 454 g/mol. The zero-order valence-corrected chi connectivity index (χ0v) is 21.5. The number of carbonyl (C=O) groups excluding carboxylic acids is 1. The van der Waals surface area contributed by atoms with Crippen LogP contribution in [0.15, 0.2) is 58.3 Å². The molecule has 1 aliphatic heterocycles. The van der Waals surface area contributed by atoms with E-state index in [-0.39, 0.29) is 10.7 Å². The number of unbranched alkanes of at least 4 members (excludes halogenated alkanes) is 2. The van der Waals surface area contributed by atoms with Crippen LogP contribution in [0.2, 0.25) is 0 Å². The number of hydrogen-bond donors (Lipinski definition) is 0. The average molecular weight is 490 g/mol. The van der Waals surface area contributed by atoms with Gasteiger partial charge < -0.3 is 4.90 Å². The third-order valence-electron chi connectivity index (χ3n) is 6.12. The fourth-order valence-corrected chi connectivity index (χ4v) is 6.08. The van der Waals surface area contributed by atoms with Crippen molar-refractivity contribution in [2.24, 2.45) is 0 Å². The predicted octanol–water partition coefficient (Wildman–Crippen LogP) is 4.22. The minimum absolute atomic E-state index is 0.00864. The molecule has 0 bridgehead atoms. The molecular formula is C25H35N3O3S2. The van der Waals surface area contributed by atoms with Gasteiger partial charge in [0.25, 0.3) is 0 Å². The third-order valence-corrected chi connectivity index (χ3v) is 8.90. The number of para-hydroxylation sites is 1. The first-order chi connectivity index (χ1) is 15.8. The van der Waals surface area contributed by atoms with Crippen LogP contribution in [0.25, 0.3) is 0 Å². The topological polar surface area (TPSA) is 60.9 Å². The van der Waals surface area contributed by atoms with Crippen molar-refractivity contribution in [1.29, 1.82) is 0 Å². The van der Waals surface area contributed by atoms with Gasteiger partial charge in [0.15, 0.2) is 5.78 Å². The largest absolute Gasteiger partial charge is 0.369 e. The minimum atomic E-state index is -3.59. The molecule has 0 saturated carbocycles. The summed E-state index contributed by atoms with van der Waals surface area (Å²) in [4.78, 5) is 18.5. The second kappa shape index (κ2) is 12.0. The Balaban J connectivity index is 1.42. The number of rotatable bonds is 11. The zero-order chi connectivity index (χ0) is 23.8. The summed E-state index contributed by atoms with van der Waals surface area (Å²) >= 11 is 1.37.